The summed E-state index contributed by atoms with van der Waals surface area (Å²) in [4.78, 5) is 22.9. The van der Waals surface area contributed by atoms with Gasteiger partial charge >= 0.3 is 5.97 Å². The maximum Gasteiger partial charge on any atom is 0.352 e. The fourth-order valence-corrected chi connectivity index (χ4v) is 2.70. The van der Waals surface area contributed by atoms with Crippen molar-refractivity contribution in [2.45, 2.75) is 64.4 Å². The van der Waals surface area contributed by atoms with Crippen LogP contribution < -0.4 is 0 Å². The van der Waals surface area contributed by atoms with Gasteiger partial charge in [-0.3, -0.25) is 4.89 Å². The van der Waals surface area contributed by atoms with Crippen LogP contribution in [0.25, 0.3) is 0 Å². The smallest absolute Gasteiger partial charge is 0.297 e. The molecule has 0 bridgehead atoms. The molecule has 1 aromatic rings. The predicted molar refractivity (Wildman–Crippen MR) is 78.3 cm³/mol. The Labute approximate surface area is 121 Å². The normalized spacial score (nSPS) is 18.0. The molecule has 110 valence electrons. The van der Waals surface area contributed by atoms with Crippen molar-refractivity contribution in [1.82, 2.24) is 0 Å². The zero-order valence-corrected chi connectivity index (χ0v) is 12.9. The topological polar surface area (TPSA) is 35.5 Å². The number of aryl methyl sites for hydroxylation is 1. The molecule has 1 aliphatic carbocycles. The van der Waals surface area contributed by atoms with Gasteiger partial charge < -0.3 is 0 Å². The van der Waals surface area contributed by atoms with E-state index in [-0.39, 0.29) is 5.97 Å². The second-order valence-corrected chi connectivity index (χ2v) is 6.72. The van der Waals surface area contributed by atoms with Crippen LogP contribution in [0.4, 0.5) is 0 Å². The molecule has 1 fully saturated rings. The molecule has 3 nitrogen and oxygen atoms in total. The van der Waals surface area contributed by atoms with Gasteiger partial charge in [-0.2, -0.15) is 4.89 Å². The third-order valence-corrected chi connectivity index (χ3v) is 3.82. The Morgan fingerprint density at radius 2 is 1.65 bits per heavy atom. The molecule has 0 saturated heterocycles. The van der Waals surface area contributed by atoms with Crippen LogP contribution in [-0.2, 0) is 20.0 Å². The fraction of sp³-hybridized carbons (Fsp3) is 0.588. The van der Waals surface area contributed by atoms with Crippen molar-refractivity contribution in [3.63, 3.8) is 0 Å². The number of hydrogen-bond donors (Lipinski definition) is 0. The first-order valence-electron chi connectivity index (χ1n) is 7.31. The van der Waals surface area contributed by atoms with E-state index in [1.807, 2.05) is 52.0 Å². The van der Waals surface area contributed by atoms with Crippen molar-refractivity contribution in [2.75, 3.05) is 0 Å². The Bertz CT molecular complexity index is 462. The van der Waals surface area contributed by atoms with Gasteiger partial charge in [-0.15, -0.1) is 0 Å². The molecule has 0 aliphatic heterocycles. The van der Waals surface area contributed by atoms with Crippen LogP contribution in [0.15, 0.2) is 24.3 Å². The SMILES string of the molecule is Cc1ccc(C2(C(=O)OOC(C)(C)C)CCCC2)cc1. The van der Waals surface area contributed by atoms with E-state index in [2.05, 4.69) is 0 Å². The van der Waals surface area contributed by atoms with Crippen LogP contribution in [-0.4, -0.2) is 11.6 Å². The van der Waals surface area contributed by atoms with E-state index in [9.17, 15) is 4.79 Å². The third-order valence-electron chi connectivity index (χ3n) is 3.82. The van der Waals surface area contributed by atoms with Gasteiger partial charge in [0.15, 0.2) is 0 Å². The molecular weight excluding hydrogens is 252 g/mol. The van der Waals surface area contributed by atoms with Crippen LogP contribution in [0, 0.1) is 6.92 Å². The highest BCUT2D eigenvalue weighted by Crippen LogP contribution is 2.42. The Kier molecular flexibility index (Phi) is 4.19. The summed E-state index contributed by atoms with van der Waals surface area (Å²) in [6.07, 6.45) is 3.78. The summed E-state index contributed by atoms with van der Waals surface area (Å²) in [6.45, 7) is 7.65. The largest absolute Gasteiger partial charge is 0.352 e. The van der Waals surface area contributed by atoms with Crippen LogP contribution >= 0.6 is 0 Å². The van der Waals surface area contributed by atoms with Crippen LogP contribution in [0.3, 0.4) is 0 Å². The quantitative estimate of drug-likeness (QED) is 0.616. The maximum absolute atomic E-state index is 12.6. The van der Waals surface area contributed by atoms with Crippen molar-refractivity contribution >= 4 is 5.97 Å². The average molecular weight is 276 g/mol. The van der Waals surface area contributed by atoms with E-state index in [4.69, 9.17) is 9.78 Å². The molecule has 3 heteroatoms. The maximum atomic E-state index is 12.6. The third kappa shape index (κ3) is 3.21. The minimum Gasteiger partial charge on any atom is -0.297 e. The molecule has 1 aromatic carbocycles. The first-order valence-corrected chi connectivity index (χ1v) is 7.31. The monoisotopic (exact) mass is 276 g/mol. The van der Waals surface area contributed by atoms with Crippen LogP contribution in [0.5, 0.6) is 0 Å². The molecular formula is C17H24O3. The summed E-state index contributed by atoms with van der Waals surface area (Å²) in [6, 6.07) is 8.18. The van der Waals surface area contributed by atoms with Crippen molar-refractivity contribution in [1.29, 1.82) is 0 Å². The van der Waals surface area contributed by atoms with Crippen molar-refractivity contribution in [2.24, 2.45) is 0 Å². The van der Waals surface area contributed by atoms with Gasteiger partial charge in [0, 0.05) is 0 Å². The molecule has 1 aliphatic rings. The average Bonchev–Trinajstić information content (AvgIpc) is 2.86. The van der Waals surface area contributed by atoms with E-state index in [0.29, 0.717) is 0 Å². The molecule has 0 unspecified atom stereocenters. The minimum atomic E-state index is -0.529. The summed E-state index contributed by atoms with van der Waals surface area (Å²) in [7, 11) is 0. The standard InChI is InChI=1S/C17H24O3/c1-13-7-9-14(10-8-13)17(11-5-6-12-17)15(18)19-20-16(2,3)4/h7-10H,5-6,11-12H2,1-4H3. The number of rotatable bonds is 3. The number of carbonyl (C=O) groups is 1. The summed E-state index contributed by atoms with van der Waals surface area (Å²) in [5, 5.41) is 0. The number of carbonyl (C=O) groups excluding carboxylic acids is 1. The van der Waals surface area contributed by atoms with Gasteiger partial charge in [0.1, 0.15) is 5.60 Å². The molecule has 0 heterocycles. The van der Waals surface area contributed by atoms with E-state index in [1.165, 1.54) is 5.56 Å². The Morgan fingerprint density at radius 3 is 2.15 bits per heavy atom. The summed E-state index contributed by atoms with van der Waals surface area (Å²) >= 11 is 0. The summed E-state index contributed by atoms with van der Waals surface area (Å²) < 4.78 is 0. The highest BCUT2D eigenvalue weighted by atomic mass is 17.2. The van der Waals surface area contributed by atoms with E-state index >= 15 is 0 Å². The molecule has 2 rings (SSSR count). The molecule has 0 N–H and O–H groups in total. The van der Waals surface area contributed by atoms with E-state index in [0.717, 1.165) is 31.2 Å². The van der Waals surface area contributed by atoms with Crippen molar-refractivity contribution < 1.29 is 14.6 Å². The van der Waals surface area contributed by atoms with Gasteiger partial charge in [-0.1, -0.05) is 42.7 Å². The summed E-state index contributed by atoms with van der Waals surface area (Å²) in [5.74, 6) is -0.256. The van der Waals surface area contributed by atoms with Gasteiger partial charge in [0.2, 0.25) is 0 Å². The van der Waals surface area contributed by atoms with E-state index < -0.39 is 11.0 Å². The Morgan fingerprint density at radius 1 is 1.10 bits per heavy atom. The summed E-state index contributed by atoms with van der Waals surface area (Å²) in [5.41, 5.74) is 1.23. The molecule has 0 radical (unpaired) electrons. The lowest BCUT2D eigenvalue weighted by atomic mass is 9.79. The lowest BCUT2D eigenvalue weighted by Crippen LogP contribution is -2.36. The van der Waals surface area contributed by atoms with Crippen molar-refractivity contribution in [3.8, 4) is 0 Å². The van der Waals surface area contributed by atoms with E-state index in [1.54, 1.807) is 0 Å². The number of benzene rings is 1. The molecule has 0 spiro atoms. The van der Waals surface area contributed by atoms with Gasteiger partial charge in [-0.25, -0.2) is 4.79 Å². The first kappa shape index (κ1) is 15.0. The van der Waals surface area contributed by atoms with Gasteiger partial charge in [0.05, 0.1) is 5.41 Å². The lowest BCUT2D eigenvalue weighted by Gasteiger charge is -2.28. The zero-order chi connectivity index (χ0) is 14.8. The molecule has 0 amide bonds. The molecule has 0 atom stereocenters. The van der Waals surface area contributed by atoms with Crippen LogP contribution in [0.1, 0.15) is 57.6 Å². The van der Waals surface area contributed by atoms with Gasteiger partial charge in [0.25, 0.3) is 0 Å². The first-order chi connectivity index (χ1) is 9.33. The Balaban J connectivity index is 2.21. The zero-order valence-electron chi connectivity index (χ0n) is 12.9. The van der Waals surface area contributed by atoms with Crippen LogP contribution in [0.2, 0.25) is 0 Å². The minimum absolute atomic E-state index is 0.256. The number of hydrogen-bond acceptors (Lipinski definition) is 3. The highest BCUT2D eigenvalue weighted by molar-refractivity contribution is 5.83. The molecule has 0 aromatic heterocycles. The molecule has 1 saturated carbocycles. The highest BCUT2D eigenvalue weighted by Gasteiger charge is 2.45. The lowest BCUT2D eigenvalue weighted by molar-refractivity contribution is -0.324. The van der Waals surface area contributed by atoms with Gasteiger partial charge in [-0.05, 0) is 46.1 Å². The second kappa shape index (κ2) is 5.57. The predicted octanol–water partition coefficient (Wildman–Crippen LogP) is 4.08. The van der Waals surface area contributed by atoms with Crippen molar-refractivity contribution in [3.05, 3.63) is 35.4 Å². The Hall–Kier alpha value is -1.35. The molecule has 20 heavy (non-hydrogen) atoms. The second-order valence-electron chi connectivity index (χ2n) is 6.72. The fourth-order valence-electron chi connectivity index (χ4n) is 2.70.